The number of ether oxygens (including phenoxy) is 1. The van der Waals surface area contributed by atoms with Crippen LogP contribution in [0.15, 0.2) is 54.6 Å². The Morgan fingerprint density at radius 1 is 1.10 bits per heavy atom. The lowest BCUT2D eigenvalue weighted by molar-refractivity contribution is 0.0682. The van der Waals surface area contributed by atoms with Crippen LogP contribution in [0, 0.1) is 0 Å². The Kier molecular flexibility index (Phi) is 3.36. The van der Waals surface area contributed by atoms with Crippen LogP contribution in [-0.4, -0.2) is 22.8 Å². The molecule has 0 saturated carbocycles. The molecule has 0 spiro atoms. The third-order valence-corrected chi connectivity index (χ3v) is 3.51. The molecule has 3 rings (SSSR count). The second kappa shape index (κ2) is 5.32. The molecule has 0 unspecified atom stereocenters. The van der Waals surface area contributed by atoms with E-state index in [0.717, 1.165) is 16.5 Å². The quantitative estimate of drug-likeness (QED) is 0.797. The third-order valence-electron chi connectivity index (χ3n) is 3.51. The number of benzene rings is 2. The summed E-state index contributed by atoms with van der Waals surface area (Å²) in [6.07, 6.45) is 0. The molecule has 106 valence electrons. The molecule has 0 saturated heterocycles. The molecule has 0 aliphatic rings. The number of hydrogen-bond acceptors (Lipinski definition) is 2. The van der Waals surface area contributed by atoms with Crippen molar-refractivity contribution in [3.8, 4) is 5.75 Å². The van der Waals surface area contributed by atoms with Gasteiger partial charge in [-0.15, -0.1) is 0 Å². The number of carboxylic acid groups (broad SMARTS) is 1. The van der Waals surface area contributed by atoms with Crippen molar-refractivity contribution >= 4 is 16.9 Å². The van der Waals surface area contributed by atoms with Gasteiger partial charge in [-0.2, -0.15) is 0 Å². The van der Waals surface area contributed by atoms with E-state index in [-0.39, 0.29) is 5.69 Å². The summed E-state index contributed by atoms with van der Waals surface area (Å²) in [6.45, 7) is 0.492. The third kappa shape index (κ3) is 2.25. The Hall–Kier alpha value is -2.75. The van der Waals surface area contributed by atoms with E-state index >= 15 is 0 Å². The number of para-hydroxylation sites is 1. The lowest BCUT2D eigenvalue weighted by atomic mass is 10.2. The highest BCUT2D eigenvalue weighted by Crippen LogP contribution is 2.33. The highest BCUT2D eigenvalue weighted by atomic mass is 16.5. The first-order chi connectivity index (χ1) is 10.2. The molecule has 3 aromatic rings. The maximum atomic E-state index is 11.7. The number of hydrogen-bond donors (Lipinski definition) is 1. The first kappa shape index (κ1) is 13.2. The maximum Gasteiger partial charge on any atom is 0.356 e. The van der Waals surface area contributed by atoms with Crippen molar-refractivity contribution in [1.82, 2.24) is 4.57 Å². The number of aromatic nitrogens is 1. The van der Waals surface area contributed by atoms with Crippen LogP contribution in [0.4, 0.5) is 0 Å². The van der Waals surface area contributed by atoms with Crippen molar-refractivity contribution in [2.24, 2.45) is 0 Å². The van der Waals surface area contributed by atoms with E-state index in [1.807, 2.05) is 54.6 Å². The molecule has 0 radical (unpaired) electrons. The normalized spacial score (nSPS) is 10.7. The molecule has 4 heteroatoms. The number of rotatable bonds is 4. The van der Waals surface area contributed by atoms with Crippen LogP contribution < -0.4 is 4.74 Å². The molecule has 0 atom stereocenters. The van der Waals surface area contributed by atoms with Crippen LogP contribution in [0.25, 0.3) is 10.9 Å². The summed E-state index contributed by atoms with van der Waals surface area (Å²) < 4.78 is 7.12. The number of aromatic carboxylic acids is 1. The zero-order chi connectivity index (χ0) is 14.8. The predicted octanol–water partition coefficient (Wildman–Crippen LogP) is 3.40. The van der Waals surface area contributed by atoms with Gasteiger partial charge in [0.25, 0.3) is 0 Å². The minimum Gasteiger partial charge on any atom is -0.494 e. The van der Waals surface area contributed by atoms with E-state index in [0.29, 0.717) is 12.3 Å². The fourth-order valence-corrected chi connectivity index (χ4v) is 2.62. The molecule has 0 amide bonds. The second-order valence-electron chi connectivity index (χ2n) is 4.78. The molecule has 2 aromatic carbocycles. The predicted molar refractivity (Wildman–Crippen MR) is 81.0 cm³/mol. The number of carboxylic acids is 1. The van der Waals surface area contributed by atoms with Crippen LogP contribution in [0.3, 0.4) is 0 Å². The monoisotopic (exact) mass is 281 g/mol. The summed E-state index contributed by atoms with van der Waals surface area (Å²) in [7, 11) is 1.50. The molecule has 1 N–H and O–H groups in total. The molecule has 21 heavy (non-hydrogen) atoms. The minimum atomic E-state index is -0.987. The Morgan fingerprint density at radius 2 is 1.76 bits per heavy atom. The first-order valence-electron chi connectivity index (χ1n) is 6.65. The number of fused-ring (bicyclic) bond motifs is 1. The van der Waals surface area contributed by atoms with Gasteiger partial charge in [0.2, 0.25) is 0 Å². The fraction of sp³-hybridized carbons (Fsp3) is 0.118. The van der Waals surface area contributed by atoms with Crippen molar-refractivity contribution in [2.45, 2.75) is 6.54 Å². The Labute approximate surface area is 122 Å². The molecule has 0 aliphatic carbocycles. The van der Waals surface area contributed by atoms with Gasteiger partial charge in [-0.1, -0.05) is 42.5 Å². The van der Waals surface area contributed by atoms with Crippen molar-refractivity contribution < 1.29 is 14.6 Å². The Bertz CT molecular complexity index is 790. The van der Waals surface area contributed by atoms with E-state index in [1.165, 1.54) is 7.11 Å². The number of nitrogens with zero attached hydrogens (tertiary/aromatic N) is 1. The van der Waals surface area contributed by atoms with E-state index in [1.54, 1.807) is 4.57 Å². The summed E-state index contributed by atoms with van der Waals surface area (Å²) >= 11 is 0. The SMILES string of the molecule is COc1c(C(=O)O)n(Cc2ccccc2)c2ccccc12. The van der Waals surface area contributed by atoms with Gasteiger partial charge in [-0.05, 0) is 17.7 Å². The Morgan fingerprint density at radius 3 is 2.43 bits per heavy atom. The molecule has 1 aromatic heterocycles. The average Bonchev–Trinajstić information content (AvgIpc) is 2.82. The van der Waals surface area contributed by atoms with Crippen LogP contribution in [0.5, 0.6) is 5.75 Å². The molecule has 0 fully saturated rings. The highest BCUT2D eigenvalue weighted by Gasteiger charge is 2.23. The lowest BCUT2D eigenvalue weighted by Gasteiger charge is -2.08. The van der Waals surface area contributed by atoms with E-state index in [4.69, 9.17) is 4.74 Å². The van der Waals surface area contributed by atoms with Gasteiger partial charge in [0.1, 0.15) is 0 Å². The summed E-state index contributed by atoms with van der Waals surface area (Å²) in [5.74, 6) is -0.576. The van der Waals surface area contributed by atoms with Gasteiger partial charge in [0.05, 0.1) is 12.6 Å². The molecule has 0 bridgehead atoms. The van der Waals surface area contributed by atoms with Gasteiger partial charge in [0.15, 0.2) is 11.4 Å². The maximum absolute atomic E-state index is 11.7. The zero-order valence-corrected chi connectivity index (χ0v) is 11.6. The van der Waals surface area contributed by atoms with Gasteiger partial charge < -0.3 is 14.4 Å². The minimum absolute atomic E-state index is 0.183. The fourth-order valence-electron chi connectivity index (χ4n) is 2.62. The zero-order valence-electron chi connectivity index (χ0n) is 11.6. The van der Waals surface area contributed by atoms with Crippen molar-refractivity contribution in [3.05, 3.63) is 65.9 Å². The van der Waals surface area contributed by atoms with Gasteiger partial charge >= 0.3 is 5.97 Å². The number of carbonyl (C=O) groups is 1. The Balaban J connectivity index is 2.24. The molecule has 4 nitrogen and oxygen atoms in total. The summed E-state index contributed by atoms with van der Waals surface area (Å²) in [5, 5.41) is 10.4. The van der Waals surface area contributed by atoms with E-state index in [9.17, 15) is 9.90 Å². The average molecular weight is 281 g/mol. The highest BCUT2D eigenvalue weighted by molar-refractivity contribution is 6.01. The summed E-state index contributed by atoms with van der Waals surface area (Å²) in [6, 6.07) is 17.3. The molecular weight excluding hydrogens is 266 g/mol. The molecular formula is C17H15NO3. The topological polar surface area (TPSA) is 51.5 Å². The number of methoxy groups -OCH3 is 1. The van der Waals surface area contributed by atoms with Crippen molar-refractivity contribution in [1.29, 1.82) is 0 Å². The van der Waals surface area contributed by atoms with Crippen molar-refractivity contribution in [3.63, 3.8) is 0 Å². The van der Waals surface area contributed by atoms with Gasteiger partial charge in [0, 0.05) is 11.9 Å². The smallest absolute Gasteiger partial charge is 0.356 e. The van der Waals surface area contributed by atoms with E-state index < -0.39 is 5.97 Å². The van der Waals surface area contributed by atoms with Crippen molar-refractivity contribution in [2.75, 3.05) is 7.11 Å². The van der Waals surface area contributed by atoms with Gasteiger partial charge in [-0.25, -0.2) is 4.79 Å². The first-order valence-corrected chi connectivity index (χ1v) is 6.65. The van der Waals surface area contributed by atoms with Crippen LogP contribution in [0.2, 0.25) is 0 Å². The van der Waals surface area contributed by atoms with Crippen LogP contribution in [-0.2, 0) is 6.54 Å². The molecule has 0 aliphatic heterocycles. The largest absolute Gasteiger partial charge is 0.494 e. The summed E-state index contributed by atoms with van der Waals surface area (Å²) in [5.41, 5.74) is 2.08. The van der Waals surface area contributed by atoms with Crippen LogP contribution >= 0.6 is 0 Å². The standard InChI is InChI=1S/C17H15NO3/c1-21-16-13-9-5-6-10-14(13)18(15(16)17(19)20)11-12-7-3-2-4-8-12/h2-10H,11H2,1H3,(H,19,20). The van der Waals surface area contributed by atoms with Crippen LogP contribution in [0.1, 0.15) is 16.1 Å². The molecule has 1 heterocycles. The van der Waals surface area contributed by atoms with Gasteiger partial charge in [-0.3, -0.25) is 0 Å². The lowest BCUT2D eigenvalue weighted by Crippen LogP contribution is -2.10. The van der Waals surface area contributed by atoms with E-state index in [2.05, 4.69) is 0 Å². The summed E-state index contributed by atoms with van der Waals surface area (Å²) in [4.78, 5) is 11.7. The second-order valence-corrected chi connectivity index (χ2v) is 4.78.